The van der Waals surface area contributed by atoms with Gasteiger partial charge in [0.15, 0.2) is 0 Å². The van der Waals surface area contributed by atoms with Gasteiger partial charge in [-0.1, -0.05) is 64.7 Å². The van der Waals surface area contributed by atoms with Gasteiger partial charge in [0.25, 0.3) is 0 Å². The van der Waals surface area contributed by atoms with Crippen molar-refractivity contribution < 1.29 is 44.0 Å². The van der Waals surface area contributed by atoms with Crippen molar-refractivity contribution >= 4 is 6.19 Å². The van der Waals surface area contributed by atoms with Crippen LogP contribution in [-0.4, -0.2) is 6.19 Å². The summed E-state index contributed by atoms with van der Waals surface area (Å²) in [5, 5.41) is 0. The van der Waals surface area contributed by atoms with Crippen molar-refractivity contribution in [1.29, 1.82) is 0 Å². The second-order valence-corrected chi connectivity index (χ2v) is 15.1. The van der Waals surface area contributed by atoms with Crippen molar-refractivity contribution in [2.24, 2.45) is 17.8 Å². The molecular formula is C21H34Cl2SiTi-2. The van der Waals surface area contributed by atoms with Gasteiger partial charge < -0.3 is 30.7 Å². The van der Waals surface area contributed by atoms with Crippen LogP contribution in [0.25, 0.3) is 0 Å². The van der Waals surface area contributed by atoms with Crippen molar-refractivity contribution in [2.75, 3.05) is 0 Å². The quantitative estimate of drug-likeness (QED) is 0.406. The molecule has 4 bridgehead atoms. The van der Waals surface area contributed by atoms with Gasteiger partial charge in [0, 0.05) is 0 Å². The van der Waals surface area contributed by atoms with Crippen LogP contribution in [-0.2, 0) is 19.2 Å². The van der Waals surface area contributed by atoms with Crippen LogP contribution in [0.5, 0.6) is 0 Å². The standard InChI is InChI=1S/C10H15.C9H13.C2H6Si.2ClH.Ti/c1-7-2-9-4-8(1)5-10(3-7)6-9;1-6-5-7(2)9(4)8(6)3;1-3-2;;;/h7-9H,1-6H2;5H,1-4H3;1-2H3;2*1H;/q2*-1;;;;+2/p-2. The average Bonchev–Trinajstić information content (AvgIpc) is 2.64. The van der Waals surface area contributed by atoms with Crippen molar-refractivity contribution in [3.8, 4) is 0 Å². The van der Waals surface area contributed by atoms with Crippen LogP contribution in [0.2, 0.25) is 13.1 Å². The van der Waals surface area contributed by atoms with E-state index in [1.807, 2.05) is 5.92 Å². The van der Waals surface area contributed by atoms with Gasteiger partial charge in [0.1, 0.15) is 0 Å². The first-order valence-electron chi connectivity index (χ1n) is 9.31. The molecule has 0 spiro atoms. The minimum absolute atomic E-state index is 0. The van der Waals surface area contributed by atoms with Gasteiger partial charge in [-0.25, -0.2) is 0 Å². The van der Waals surface area contributed by atoms with Crippen molar-refractivity contribution in [1.82, 2.24) is 0 Å². The zero-order chi connectivity index (χ0) is 17.1. The van der Waals surface area contributed by atoms with Crippen LogP contribution in [0.3, 0.4) is 0 Å². The molecule has 0 amide bonds. The molecule has 25 heavy (non-hydrogen) atoms. The van der Waals surface area contributed by atoms with E-state index in [1.54, 1.807) is 19.3 Å². The maximum atomic E-state index is 2.27. The van der Waals surface area contributed by atoms with Gasteiger partial charge in [0.05, 0.1) is 0 Å². The van der Waals surface area contributed by atoms with E-state index in [4.69, 9.17) is 0 Å². The molecule has 1 aromatic rings. The average molecular weight is 433 g/mol. The Kier molecular flexibility index (Phi) is 12.0. The minimum Gasteiger partial charge on any atom is -1.00 e. The minimum atomic E-state index is 0. The van der Waals surface area contributed by atoms with E-state index in [2.05, 4.69) is 66.0 Å². The molecule has 0 aliphatic heterocycles. The summed E-state index contributed by atoms with van der Waals surface area (Å²) < 4.78 is 0. The Hall–Kier alpha value is 0.861. The normalized spacial score (nSPS) is 25.7. The summed E-state index contributed by atoms with van der Waals surface area (Å²) in [4.78, 5) is 0. The molecule has 0 saturated heterocycles. The Bertz CT molecular complexity index is 467. The monoisotopic (exact) mass is 432 g/mol. The van der Waals surface area contributed by atoms with Crippen molar-refractivity contribution in [3.05, 3.63) is 34.2 Å². The molecule has 4 aliphatic carbocycles. The van der Waals surface area contributed by atoms with E-state index >= 15 is 0 Å². The summed E-state index contributed by atoms with van der Waals surface area (Å²) in [6.07, 6.45) is 9.43. The Morgan fingerprint density at radius 3 is 1.44 bits per heavy atom. The fraction of sp³-hybridized carbons (Fsp3) is 0.714. The Labute approximate surface area is 180 Å². The fourth-order valence-corrected chi connectivity index (χ4v) is 4.81. The van der Waals surface area contributed by atoms with Gasteiger partial charge >= 0.3 is 38.5 Å². The van der Waals surface area contributed by atoms with E-state index in [0.29, 0.717) is 0 Å². The molecule has 0 heterocycles. The number of rotatable bonds is 0. The summed E-state index contributed by atoms with van der Waals surface area (Å²) in [6.45, 7) is 13.2. The molecule has 142 valence electrons. The molecule has 0 radical (unpaired) electrons. The summed E-state index contributed by atoms with van der Waals surface area (Å²) >= 11 is 2.27. The number of hydrogen-bond acceptors (Lipinski definition) is 0. The number of halogens is 2. The van der Waals surface area contributed by atoms with E-state index < -0.39 is 0 Å². The molecule has 0 unspecified atom stereocenters. The number of hydrogen-bond donors (Lipinski definition) is 0. The summed E-state index contributed by atoms with van der Waals surface area (Å²) in [6, 6.07) is 2.24. The Morgan fingerprint density at radius 1 is 0.920 bits per heavy atom. The van der Waals surface area contributed by atoms with E-state index in [0.717, 1.165) is 17.8 Å². The Balaban J connectivity index is 0.000000361. The van der Waals surface area contributed by atoms with Crippen LogP contribution in [0, 0.1) is 51.4 Å². The fourth-order valence-electron chi connectivity index (χ4n) is 4.81. The molecule has 0 nitrogen and oxygen atoms in total. The second-order valence-electron chi connectivity index (χ2n) is 8.43. The second kappa shape index (κ2) is 11.6. The van der Waals surface area contributed by atoms with Gasteiger partial charge in [-0.15, -0.1) is 0 Å². The van der Waals surface area contributed by atoms with Crippen LogP contribution in [0.15, 0.2) is 6.07 Å². The molecule has 1 aromatic carbocycles. The van der Waals surface area contributed by atoms with Crippen LogP contribution < -0.4 is 24.8 Å². The van der Waals surface area contributed by atoms with Crippen molar-refractivity contribution in [2.45, 2.75) is 79.3 Å². The zero-order valence-corrected chi connectivity index (χ0v) is 20.9. The smallest absolute Gasteiger partial charge is 0.0630 e. The largest absolute Gasteiger partial charge is 1.00 e. The van der Waals surface area contributed by atoms with Crippen LogP contribution in [0.1, 0.15) is 60.8 Å². The van der Waals surface area contributed by atoms with E-state index in [9.17, 15) is 0 Å². The summed E-state index contributed by atoms with van der Waals surface area (Å²) in [5.74, 6) is 5.35. The molecule has 0 atom stereocenters. The topological polar surface area (TPSA) is 0 Å². The molecule has 0 N–H and O–H groups in total. The molecule has 4 saturated carbocycles. The van der Waals surface area contributed by atoms with Gasteiger partial charge in [-0.3, -0.25) is 0 Å². The van der Waals surface area contributed by atoms with Gasteiger partial charge in [0.2, 0.25) is 0 Å². The molecule has 4 aliphatic rings. The Morgan fingerprint density at radius 2 is 1.28 bits per heavy atom. The molecule has 4 heteroatoms. The molecular weight excluding hydrogens is 399 g/mol. The van der Waals surface area contributed by atoms with Crippen LogP contribution >= 0.6 is 0 Å². The van der Waals surface area contributed by atoms with E-state index in [-0.39, 0.29) is 31.0 Å². The first kappa shape index (κ1) is 25.9. The maximum Gasteiger partial charge on any atom is -0.0630 e. The van der Waals surface area contributed by atoms with Crippen LogP contribution in [0.4, 0.5) is 0 Å². The third-order valence-corrected chi connectivity index (χ3v) is 5.91. The number of aryl methyl sites for hydroxylation is 2. The molecule has 0 aromatic heterocycles. The summed E-state index contributed by atoms with van der Waals surface area (Å²) in [7, 11) is 0. The maximum absolute atomic E-state index is 2.27. The summed E-state index contributed by atoms with van der Waals surface area (Å²) in [5.41, 5.74) is 5.75. The van der Waals surface area contributed by atoms with Gasteiger partial charge in [-0.2, -0.15) is 47.6 Å². The molecule has 5 rings (SSSR count). The predicted octanol–water partition coefficient (Wildman–Crippen LogP) is 0.222. The zero-order valence-electron chi connectivity index (χ0n) is 16.8. The SMILES string of the molecule is C1[C-]2CC3CC1CC(C2)C3.C[Si](C)=[Ti+2].Cc1c[c-](C)c(C)c1C.[Cl-].[Cl-]. The molecule has 4 fully saturated rings. The first-order chi connectivity index (χ1) is 10.8. The third kappa shape index (κ3) is 7.78. The van der Waals surface area contributed by atoms with Crippen molar-refractivity contribution in [3.63, 3.8) is 0 Å². The van der Waals surface area contributed by atoms with E-state index in [1.165, 1.54) is 41.5 Å². The van der Waals surface area contributed by atoms with Gasteiger partial charge in [-0.05, 0) is 0 Å². The first-order valence-corrected chi connectivity index (χ1v) is 14.2. The predicted molar refractivity (Wildman–Crippen MR) is 99.9 cm³/mol. The third-order valence-electron chi connectivity index (χ3n) is 5.91.